The molecule has 0 saturated carbocycles. The third kappa shape index (κ3) is 4.54. The highest BCUT2D eigenvalue weighted by atomic mass is 79.9. The van der Waals surface area contributed by atoms with E-state index in [4.69, 9.17) is 0 Å². The van der Waals surface area contributed by atoms with Crippen LogP contribution in [0.2, 0.25) is 0 Å². The molecule has 1 aliphatic heterocycles. The van der Waals surface area contributed by atoms with Crippen molar-refractivity contribution in [3.05, 3.63) is 34.3 Å². The Hall–Kier alpha value is -0.380. The van der Waals surface area contributed by atoms with Gasteiger partial charge < -0.3 is 5.32 Å². The maximum Gasteiger partial charge on any atom is 0.0309 e. The lowest BCUT2D eigenvalue weighted by Crippen LogP contribution is -2.58. The van der Waals surface area contributed by atoms with Gasteiger partial charge in [0.15, 0.2) is 0 Å². The van der Waals surface area contributed by atoms with Gasteiger partial charge in [0.1, 0.15) is 0 Å². The third-order valence-electron chi connectivity index (χ3n) is 4.95. The summed E-state index contributed by atoms with van der Waals surface area (Å²) in [4.78, 5) is 2.69. The molecule has 1 fully saturated rings. The topological polar surface area (TPSA) is 15.3 Å². The van der Waals surface area contributed by atoms with Gasteiger partial charge in [0, 0.05) is 16.1 Å². The molecule has 21 heavy (non-hydrogen) atoms. The fourth-order valence-corrected chi connectivity index (χ4v) is 3.92. The zero-order valence-corrected chi connectivity index (χ0v) is 15.2. The monoisotopic (exact) mass is 352 g/mol. The summed E-state index contributed by atoms with van der Waals surface area (Å²) in [5.41, 5.74) is 1.58. The van der Waals surface area contributed by atoms with Crippen LogP contribution in [0.25, 0.3) is 0 Å². The molecule has 0 aliphatic carbocycles. The molecule has 1 heterocycles. The van der Waals surface area contributed by atoms with E-state index in [0.717, 1.165) is 6.42 Å². The van der Waals surface area contributed by atoms with Crippen LogP contribution in [0.4, 0.5) is 0 Å². The van der Waals surface area contributed by atoms with Gasteiger partial charge in [-0.2, -0.15) is 0 Å². The van der Waals surface area contributed by atoms with Crippen molar-refractivity contribution < 1.29 is 0 Å². The van der Waals surface area contributed by atoms with Crippen molar-refractivity contribution in [2.45, 2.75) is 57.5 Å². The Bertz CT molecular complexity index is 437. The SMILES string of the molecule is CNC(Cc1cccc(Br)c1)C(C)(C)N1CCCCCC1. The Labute approximate surface area is 138 Å². The Morgan fingerprint density at radius 2 is 1.86 bits per heavy atom. The van der Waals surface area contributed by atoms with E-state index in [-0.39, 0.29) is 5.54 Å². The number of hydrogen-bond acceptors (Lipinski definition) is 2. The second kappa shape index (κ2) is 7.75. The van der Waals surface area contributed by atoms with Crippen LogP contribution in [0.3, 0.4) is 0 Å². The van der Waals surface area contributed by atoms with Crippen molar-refractivity contribution in [2.24, 2.45) is 0 Å². The van der Waals surface area contributed by atoms with Gasteiger partial charge in [-0.25, -0.2) is 0 Å². The van der Waals surface area contributed by atoms with E-state index in [1.165, 1.54) is 48.8 Å². The summed E-state index contributed by atoms with van der Waals surface area (Å²) in [6, 6.07) is 9.16. The number of nitrogens with one attached hydrogen (secondary N) is 1. The van der Waals surface area contributed by atoms with Crippen molar-refractivity contribution in [3.8, 4) is 0 Å². The fraction of sp³-hybridized carbons (Fsp3) is 0.667. The molecule has 1 aliphatic rings. The Morgan fingerprint density at radius 3 is 2.43 bits per heavy atom. The molecule has 1 atom stereocenters. The maximum absolute atomic E-state index is 3.58. The van der Waals surface area contributed by atoms with E-state index in [2.05, 4.69) is 71.3 Å². The molecule has 2 nitrogen and oxygen atoms in total. The van der Waals surface area contributed by atoms with Crippen molar-refractivity contribution in [1.82, 2.24) is 10.2 Å². The van der Waals surface area contributed by atoms with Gasteiger partial charge >= 0.3 is 0 Å². The van der Waals surface area contributed by atoms with Gasteiger partial charge in [0.25, 0.3) is 0 Å². The molecule has 3 heteroatoms. The number of rotatable bonds is 5. The van der Waals surface area contributed by atoms with Crippen LogP contribution in [-0.4, -0.2) is 36.6 Å². The molecule has 0 bridgehead atoms. The van der Waals surface area contributed by atoms with Crippen LogP contribution >= 0.6 is 15.9 Å². The summed E-state index contributed by atoms with van der Waals surface area (Å²) in [7, 11) is 2.10. The van der Waals surface area contributed by atoms with Gasteiger partial charge in [0.2, 0.25) is 0 Å². The van der Waals surface area contributed by atoms with Gasteiger partial charge in [0.05, 0.1) is 0 Å². The lowest BCUT2D eigenvalue weighted by Gasteiger charge is -2.44. The van der Waals surface area contributed by atoms with Crippen LogP contribution in [0.1, 0.15) is 45.1 Å². The summed E-state index contributed by atoms with van der Waals surface area (Å²) in [6.07, 6.45) is 6.54. The highest BCUT2D eigenvalue weighted by molar-refractivity contribution is 9.10. The van der Waals surface area contributed by atoms with Crippen LogP contribution < -0.4 is 5.32 Å². The average molecular weight is 353 g/mol. The van der Waals surface area contributed by atoms with Crippen molar-refractivity contribution in [3.63, 3.8) is 0 Å². The van der Waals surface area contributed by atoms with Gasteiger partial charge in [-0.15, -0.1) is 0 Å². The molecular formula is C18H29BrN2. The number of benzene rings is 1. The molecule has 118 valence electrons. The van der Waals surface area contributed by atoms with Crippen LogP contribution in [-0.2, 0) is 6.42 Å². The van der Waals surface area contributed by atoms with Gasteiger partial charge in [-0.3, -0.25) is 4.90 Å². The second-order valence-corrected chi connectivity index (χ2v) is 7.65. The molecule has 1 saturated heterocycles. The summed E-state index contributed by atoms with van der Waals surface area (Å²) in [6.45, 7) is 7.28. The molecule has 0 radical (unpaired) electrons. The van der Waals surface area contributed by atoms with Crippen molar-refractivity contribution in [1.29, 1.82) is 0 Å². The largest absolute Gasteiger partial charge is 0.315 e. The minimum absolute atomic E-state index is 0.182. The van der Waals surface area contributed by atoms with E-state index < -0.39 is 0 Å². The van der Waals surface area contributed by atoms with Crippen molar-refractivity contribution >= 4 is 15.9 Å². The summed E-state index contributed by atoms with van der Waals surface area (Å²) in [5.74, 6) is 0. The Kier molecular flexibility index (Phi) is 6.27. The van der Waals surface area contributed by atoms with Crippen LogP contribution in [0.5, 0.6) is 0 Å². The first kappa shape index (κ1) is 17.0. The number of likely N-dealkylation sites (N-methyl/N-ethyl adjacent to an activating group) is 1. The molecule has 0 aromatic heterocycles. The molecule has 1 aromatic rings. The summed E-state index contributed by atoms with van der Waals surface area (Å²) >= 11 is 3.58. The molecule has 1 unspecified atom stereocenters. The highest BCUT2D eigenvalue weighted by Gasteiger charge is 2.34. The lowest BCUT2D eigenvalue weighted by atomic mass is 9.87. The van der Waals surface area contributed by atoms with E-state index in [1.807, 2.05) is 0 Å². The van der Waals surface area contributed by atoms with E-state index in [9.17, 15) is 0 Å². The van der Waals surface area contributed by atoms with E-state index in [0.29, 0.717) is 6.04 Å². The summed E-state index contributed by atoms with van der Waals surface area (Å²) < 4.78 is 1.17. The first-order valence-electron chi connectivity index (χ1n) is 8.21. The minimum atomic E-state index is 0.182. The second-order valence-electron chi connectivity index (χ2n) is 6.73. The minimum Gasteiger partial charge on any atom is -0.315 e. The molecule has 1 N–H and O–H groups in total. The molecular weight excluding hydrogens is 324 g/mol. The van der Waals surface area contributed by atoms with Crippen molar-refractivity contribution in [2.75, 3.05) is 20.1 Å². The number of hydrogen-bond donors (Lipinski definition) is 1. The first-order valence-corrected chi connectivity index (χ1v) is 9.00. The van der Waals surface area contributed by atoms with E-state index >= 15 is 0 Å². The number of halogens is 1. The highest BCUT2D eigenvalue weighted by Crippen LogP contribution is 2.26. The maximum atomic E-state index is 3.58. The molecule has 1 aromatic carbocycles. The molecule has 0 amide bonds. The van der Waals surface area contributed by atoms with Gasteiger partial charge in [-0.05, 0) is 70.9 Å². The van der Waals surface area contributed by atoms with Gasteiger partial charge in [-0.1, -0.05) is 40.9 Å². The van der Waals surface area contributed by atoms with Crippen LogP contribution in [0, 0.1) is 0 Å². The fourth-order valence-electron chi connectivity index (χ4n) is 3.47. The first-order chi connectivity index (χ1) is 10.0. The lowest BCUT2D eigenvalue weighted by molar-refractivity contribution is 0.0864. The Balaban J connectivity index is 2.10. The third-order valence-corrected chi connectivity index (χ3v) is 5.44. The quantitative estimate of drug-likeness (QED) is 0.852. The van der Waals surface area contributed by atoms with Crippen LogP contribution in [0.15, 0.2) is 28.7 Å². The molecule has 0 spiro atoms. The Morgan fingerprint density at radius 1 is 1.19 bits per heavy atom. The normalized spacial score (nSPS) is 19.2. The molecule has 2 rings (SSSR count). The average Bonchev–Trinajstić information content (AvgIpc) is 2.74. The zero-order valence-electron chi connectivity index (χ0n) is 13.7. The van der Waals surface area contributed by atoms with E-state index in [1.54, 1.807) is 0 Å². The zero-order chi connectivity index (χ0) is 15.3. The smallest absolute Gasteiger partial charge is 0.0309 e. The predicted molar refractivity (Wildman–Crippen MR) is 94.8 cm³/mol. The standard InChI is InChI=1S/C18H29BrN2/c1-18(2,21-11-6-4-5-7-12-21)17(20-3)14-15-9-8-10-16(19)13-15/h8-10,13,17,20H,4-7,11-12,14H2,1-3H3. The predicted octanol–water partition coefficient (Wildman–Crippen LogP) is 4.23. The summed E-state index contributed by atoms with van der Waals surface area (Å²) in [5, 5.41) is 3.57. The number of likely N-dealkylation sites (tertiary alicyclic amines) is 1. The number of nitrogens with zero attached hydrogens (tertiary/aromatic N) is 1.